The lowest BCUT2D eigenvalue weighted by atomic mass is 10.1. The van der Waals surface area contributed by atoms with Crippen LogP contribution in [0.5, 0.6) is 11.5 Å². The van der Waals surface area contributed by atoms with Crippen molar-refractivity contribution in [3.8, 4) is 22.6 Å². The van der Waals surface area contributed by atoms with E-state index in [-0.39, 0.29) is 5.75 Å². The predicted octanol–water partition coefficient (Wildman–Crippen LogP) is 6.36. The molecule has 0 unspecified atom stereocenters. The lowest BCUT2D eigenvalue weighted by Crippen LogP contribution is -1.96. The van der Waals surface area contributed by atoms with Crippen LogP contribution < -0.4 is 10.1 Å². The zero-order chi connectivity index (χ0) is 20.5. The standard InChI is InChI=1S/C24H19N3O2S/c1-2-29-16-11-9-15(10-12-16)19-13-30-24-22(19)23(25-14-26-24)27-20-7-3-6-18-17(20)5-4-8-21(18)28/h3-14,28H,2H2,1H3,(H,25,26,27). The van der Waals surface area contributed by atoms with Crippen LogP contribution in [-0.4, -0.2) is 21.7 Å². The van der Waals surface area contributed by atoms with Crippen molar-refractivity contribution in [2.75, 3.05) is 11.9 Å². The summed E-state index contributed by atoms with van der Waals surface area (Å²) in [4.78, 5) is 9.91. The fourth-order valence-corrected chi connectivity index (χ4v) is 4.53. The van der Waals surface area contributed by atoms with Gasteiger partial charge in [0.15, 0.2) is 0 Å². The van der Waals surface area contributed by atoms with Crippen molar-refractivity contribution in [3.05, 3.63) is 72.4 Å². The van der Waals surface area contributed by atoms with Gasteiger partial charge in [-0.2, -0.15) is 0 Å². The Morgan fingerprint density at radius 2 is 1.77 bits per heavy atom. The third kappa shape index (κ3) is 3.21. The van der Waals surface area contributed by atoms with Crippen LogP contribution in [0.4, 0.5) is 11.5 Å². The Balaban J connectivity index is 1.61. The van der Waals surface area contributed by atoms with Crippen LogP contribution in [0.3, 0.4) is 0 Å². The number of hydrogen-bond acceptors (Lipinski definition) is 6. The summed E-state index contributed by atoms with van der Waals surface area (Å²) in [7, 11) is 0. The first-order chi connectivity index (χ1) is 14.7. The summed E-state index contributed by atoms with van der Waals surface area (Å²) in [5.74, 6) is 1.85. The quantitative estimate of drug-likeness (QED) is 0.351. The number of thiophene rings is 1. The summed E-state index contributed by atoms with van der Waals surface area (Å²) in [6.45, 7) is 2.62. The van der Waals surface area contributed by atoms with Gasteiger partial charge in [-0.25, -0.2) is 9.97 Å². The molecule has 6 heteroatoms. The maximum absolute atomic E-state index is 10.2. The number of hydrogen-bond donors (Lipinski definition) is 2. The highest BCUT2D eigenvalue weighted by molar-refractivity contribution is 7.17. The van der Waals surface area contributed by atoms with Gasteiger partial charge in [0.2, 0.25) is 0 Å². The van der Waals surface area contributed by atoms with Gasteiger partial charge in [0.25, 0.3) is 0 Å². The maximum Gasteiger partial charge on any atom is 0.143 e. The number of phenolic OH excluding ortho intramolecular Hbond substituents is 1. The van der Waals surface area contributed by atoms with E-state index in [4.69, 9.17) is 4.74 Å². The number of nitrogens with zero attached hydrogens (tertiary/aromatic N) is 2. The number of phenols is 1. The van der Waals surface area contributed by atoms with Crippen LogP contribution in [0.25, 0.3) is 32.1 Å². The number of rotatable bonds is 5. The van der Waals surface area contributed by atoms with E-state index in [9.17, 15) is 5.11 Å². The number of benzene rings is 3. The predicted molar refractivity (Wildman–Crippen MR) is 123 cm³/mol. The molecular weight excluding hydrogens is 394 g/mol. The zero-order valence-corrected chi connectivity index (χ0v) is 17.1. The van der Waals surface area contributed by atoms with E-state index in [1.807, 2.05) is 49.4 Å². The average molecular weight is 414 g/mol. The topological polar surface area (TPSA) is 67.3 Å². The fraction of sp³-hybridized carbons (Fsp3) is 0.0833. The van der Waals surface area contributed by atoms with E-state index in [1.54, 1.807) is 23.7 Å². The Morgan fingerprint density at radius 1 is 0.967 bits per heavy atom. The minimum Gasteiger partial charge on any atom is -0.507 e. The molecule has 5 nitrogen and oxygen atoms in total. The van der Waals surface area contributed by atoms with Crippen LogP contribution in [0, 0.1) is 0 Å². The summed E-state index contributed by atoms with van der Waals surface area (Å²) < 4.78 is 5.56. The SMILES string of the molecule is CCOc1ccc(-c2csc3ncnc(Nc4cccc5c(O)cccc45)c23)cc1. The third-order valence-corrected chi connectivity index (χ3v) is 5.89. The maximum atomic E-state index is 10.2. The smallest absolute Gasteiger partial charge is 0.143 e. The van der Waals surface area contributed by atoms with Crippen LogP contribution in [0.2, 0.25) is 0 Å². The Bertz CT molecular complexity index is 1350. The van der Waals surface area contributed by atoms with Crippen LogP contribution in [0.1, 0.15) is 6.92 Å². The molecule has 0 atom stereocenters. The van der Waals surface area contributed by atoms with Crippen molar-refractivity contribution in [1.29, 1.82) is 0 Å². The highest BCUT2D eigenvalue weighted by atomic mass is 32.1. The summed E-state index contributed by atoms with van der Waals surface area (Å²) in [5, 5.41) is 18.5. The van der Waals surface area contributed by atoms with Crippen LogP contribution in [0.15, 0.2) is 72.4 Å². The summed E-state index contributed by atoms with van der Waals surface area (Å²) in [6, 6.07) is 19.4. The molecule has 0 fully saturated rings. The molecule has 148 valence electrons. The highest BCUT2D eigenvalue weighted by Gasteiger charge is 2.14. The Labute approximate surface area is 177 Å². The van der Waals surface area contributed by atoms with Gasteiger partial charge in [-0.05, 0) is 36.8 Å². The van der Waals surface area contributed by atoms with E-state index in [0.29, 0.717) is 6.61 Å². The average Bonchev–Trinajstić information content (AvgIpc) is 3.21. The second-order valence-corrected chi connectivity index (χ2v) is 7.67. The fourth-order valence-electron chi connectivity index (χ4n) is 3.61. The monoisotopic (exact) mass is 413 g/mol. The summed E-state index contributed by atoms with van der Waals surface area (Å²) in [5.41, 5.74) is 3.04. The molecule has 2 N–H and O–H groups in total. The molecule has 5 aromatic rings. The van der Waals surface area contributed by atoms with Crippen molar-refractivity contribution in [3.63, 3.8) is 0 Å². The Morgan fingerprint density at radius 3 is 2.60 bits per heavy atom. The second kappa shape index (κ2) is 7.65. The normalized spacial score (nSPS) is 11.1. The lowest BCUT2D eigenvalue weighted by molar-refractivity contribution is 0.340. The molecule has 2 heterocycles. The van der Waals surface area contributed by atoms with E-state index in [1.165, 1.54) is 0 Å². The van der Waals surface area contributed by atoms with Gasteiger partial charge < -0.3 is 15.2 Å². The molecule has 2 aromatic heterocycles. The molecular formula is C24H19N3O2S. The lowest BCUT2D eigenvalue weighted by Gasteiger charge is -2.12. The third-order valence-electron chi connectivity index (χ3n) is 5.00. The molecule has 0 aliphatic carbocycles. The van der Waals surface area contributed by atoms with Gasteiger partial charge >= 0.3 is 0 Å². The van der Waals surface area contributed by atoms with Gasteiger partial charge in [-0.1, -0.05) is 36.4 Å². The molecule has 0 saturated heterocycles. The Hall–Kier alpha value is -3.64. The van der Waals surface area contributed by atoms with Crippen molar-refractivity contribution in [2.24, 2.45) is 0 Å². The van der Waals surface area contributed by atoms with Gasteiger partial charge in [0.05, 0.1) is 12.0 Å². The molecule has 0 amide bonds. The number of nitrogens with one attached hydrogen (secondary N) is 1. The molecule has 5 rings (SSSR count). The first-order valence-corrected chi connectivity index (χ1v) is 10.6. The van der Waals surface area contributed by atoms with Crippen molar-refractivity contribution in [1.82, 2.24) is 9.97 Å². The molecule has 0 spiro atoms. The highest BCUT2D eigenvalue weighted by Crippen LogP contribution is 2.39. The van der Waals surface area contributed by atoms with E-state index < -0.39 is 0 Å². The van der Waals surface area contributed by atoms with Gasteiger partial charge in [-0.15, -0.1) is 11.3 Å². The number of fused-ring (bicyclic) bond motifs is 2. The molecule has 0 aliphatic heterocycles. The first-order valence-electron chi connectivity index (χ1n) is 9.68. The molecule has 0 saturated carbocycles. The minimum atomic E-state index is 0.259. The van der Waals surface area contributed by atoms with Gasteiger partial charge in [0, 0.05) is 27.4 Å². The van der Waals surface area contributed by atoms with Gasteiger partial charge in [0.1, 0.15) is 28.5 Å². The largest absolute Gasteiger partial charge is 0.507 e. The molecule has 0 aliphatic rings. The number of anilines is 2. The zero-order valence-electron chi connectivity index (χ0n) is 16.3. The second-order valence-electron chi connectivity index (χ2n) is 6.81. The first kappa shape index (κ1) is 18.4. The van der Waals surface area contributed by atoms with Crippen LogP contribution in [-0.2, 0) is 0 Å². The molecule has 0 bridgehead atoms. The number of ether oxygens (including phenoxy) is 1. The summed E-state index contributed by atoms with van der Waals surface area (Å²) in [6.07, 6.45) is 1.58. The molecule has 30 heavy (non-hydrogen) atoms. The van der Waals surface area contributed by atoms with Gasteiger partial charge in [-0.3, -0.25) is 0 Å². The molecule has 0 radical (unpaired) electrons. The number of aromatic hydroxyl groups is 1. The minimum absolute atomic E-state index is 0.259. The summed E-state index contributed by atoms with van der Waals surface area (Å²) >= 11 is 1.59. The van der Waals surface area contributed by atoms with E-state index >= 15 is 0 Å². The molecule has 3 aromatic carbocycles. The van der Waals surface area contributed by atoms with Crippen LogP contribution >= 0.6 is 11.3 Å². The Kier molecular flexibility index (Phi) is 4.69. The number of aromatic nitrogens is 2. The van der Waals surface area contributed by atoms with Crippen molar-refractivity contribution >= 4 is 43.8 Å². The van der Waals surface area contributed by atoms with Crippen molar-refractivity contribution in [2.45, 2.75) is 6.92 Å². The van der Waals surface area contributed by atoms with Crippen molar-refractivity contribution < 1.29 is 9.84 Å². The van der Waals surface area contributed by atoms with E-state index in [0.717, 1.165) is 49.4 Å². The van der Waals surface area contributed by atoms with E-state index in [2.05, 4.69) is 32.8 Å².